The summed E-state index contributed by atoms with van der Waals surface area (Å²) in [6.07, 6.45) is 1.16. The molecule has 0 bridgehead atoms. The molecule has 6 heteroatoms. The quantitative estimate of drug-likeness (QED) is 0.719. The molecule has 1 saturated heterocycles. The topological polar surface area (TPSA) is 42.3 Å². The molecule has 0 saturated carbocycles. The number of hydrogen-bond acceptors (Lipinski definition) is 4. The molecule has 2 heterocycles. The molecule has 0 radical (unpaired) electrons. The zero-order valence-corrected chi connectivity index (χ0v) is 16.6. The Labute approximate surface area is 161 Å². The molecule has 1 aromatic carbocycles. The first kappa shape index (κ1) is 19.4. The normalized spacial score (nSPS) is 15.5. The number of hydrogen-bond donors (Lipinski definition) is 1. The maximum absolute atomic E-state index is 6.29. The van der Waals surface area contributed by atoms with Crippen LogP contribution in [0.1, 0.15) is 28.9 Å². The second-order valence-electron chi connectivity index (χ2n) is 6.88. The summed E-state index contributed by atoms with van der Waals surface area (Å²) < 4.78 is 7.45. The van der Waals surface area contributed by atoms with Crippen LogP contribution < -0.4 is 5.32 Å². The molecule has 3 rings (SSSR count). The Bertz CT molecular complexity index is 710. The van der Waals surface area contributed by atoms with E-state index in [1.807, 2.05) is 18.2 Å². The van der Waals surface area contributed by atoms with Gasteiger partial charge in [0.1, 0.15) is 0 Å². The van der Waals surface area contributed by atoms with Crippen LogP contribution in [0, 0.1) is 13.8 Å². The Hall–Kier alpha value is -1.40. The van der Waals surface area contributed by atoms with Crippen molar-refractivity contribution in [3.8, 4) is 0 Å². The van der Waals surface area contributed by atoms with E-state index < -0.39 is 0 Å². The fourth-order valence-corrected chi connectivity index (χ4v) is 3.59. The second kappa shape index (κ2) is 9.51. The standard InChI is InChI=1S/C20H29ClN4O/c1-16-19(14-22-8-5-9-24-10-12-26-13-11-24)17(2)25(23-16)15-18-6-3-4-7-20(18)21/h3-4,6-7,22H,5,8-15H2,1-2H3. The summed E-state index contributed by atoms with van der Waals surface area (Å²) >= 11 is 6.29. The molecule has 0 amide bonds. The Balaban J connectivity index is 1.49. The van der Waals surface area contributed by atoms with Gasteiger partial charge < -0.3 is 10.1 Å². The van der Waals surface area contributed by atoms with E-state index in [1.54, 1.807) is 0 Å². The first-order valence-electron chi connectivity index (χ1n) is 9.42. The lowest BCUT2D eigenvalue weighted by molar-refractivity contribution is 0.0374. The number of nitrogens with zero attached hydrogens (tertiary/aromatic N) is 3. The number of rotatable bonds is 8. The SMILES string of the molecule is Cc1nn(Cc2ccccc2Cl)c(C)c1CNCCCN1CCOCC1. The van der Waals surface area contributed by atoms with E-state index in [2.05, 4.69) is 34.8 Å². The number of morpholine rings is 1. The molecule has 26 heavy (non-hydrogen) atoms. The first-order valence-corrected chi connectivity index (χ1v) is 9.80. The van der Waals surface area contributed by atoms with E-state index in [4.69, 9.17) is 21.4 Å². The zero-order valence-electron chi connectivity index (χ0n) is 15.8. The van der Waals surface area contributed by atoms with Crippen molar-refractivity contribution in [3.05, 3.63) is 51.8 Å². The molecule has 142 valence electrons. The van der Waals surface area contributed by atoms with Gasteiger partial charge in [0.25, 0.3) is 0 Å². The maximum atomic E-state index is 6.29. The van der Waals surface area contributed by atoms with Crippen LogP contribution in [0.5, 0.6) is 0 Å². The Morgan fingerprint density at radius 3 is 2.73 bits per heavy atom. The van der Waals surface area contributed by atoms with Gasteiger partial charge in [0.15, 0.2) is 0 Å². The number of aryl methyl sites for hydroxylation is 1. The third-order valence-electron chi connectivity index (χ3n) is 5.04. The van der Waals surface area contributed by atoms with Crippen LogP contribution in [0.3, 0.4) is 0 Å². The molecule has 1 N–H and O–H groups in total. The number of benzene rings is 1. The van der Waals surface area contributed by atoms with E-state index in [1.165, 1.54) is 11.3 Å². The molecule has 1 fully saturated rings. The van der Waals surface area contributed by atoms with Gasteiger partial charge >= 0.3 is 0 Å². The van der Waals surface area contributed by atoms with E-state index in [0.29, 0.717) is 6.54 Å². The van der Waals surface area contributed by atoms with E-state index in [0.717, 1.165) is 68.6 Å². The van der Waals surface area contributed by atoms with Crippen LogP contribution in [-0.2, 0) is 17.8 Å². The zero-order chi connectivity index (χ0) is 18.4. The third kappa shape index (κ3) is 5.07. The molecule has 0 atom stereocenters. The third-order valence-corrected chi connectivity index (χ3v) is 5.41. The fraction of sp³-hybridized carbons (Fsp3) is 0.550. The van der Waals surface area contributed by atoms with Gasteiger partial charge in [-0.3, -0.25) is 9.58 Å². The molecule has 1 aromatic heterocycles. The largest absolute Gasteiger partial charge is 0.379 e. The lowest BCUT2D eigenvalue weighted by atomic mass is 10.2. The van der Waals surface area contributed by atoms with Crippen LogP contribution in [0.4, 0.5) is 0 Å². The molecule has 0 unspecified atom stereocenters. The minimum atomic E-state index is 0.712. The van der Waals surface area contributed by atoms with Gasteiger partial charge in [-0.1, -0.05) is 29.8 Å². The van der Waals surface area contributed by atoms with Crippen molar-refractivity contribution in [2.24, 2.45) is 0 Å². The minimum Gasteiger partial charge on any atom is -0.379 e. The van der Waals surface area contributed by atoms with Gasteiger partial charge in [0, 0.05) is 35.9 Å². The molecule has 0 aliphatic carbocycles. The van der Waals surface area contributed by atoms with Crippen molar-refractivity contribution in [1.29, 1.82) is 0 Å². The first-order chi connectivity index (χ1) is 12.6. The van der Waals surface area contributed by atoms with E-state index in [-0.39, 0.29) is 0 Å². The molecule has 1 aliphatic rings. The Kier molecular flexibility index (Phi) is 7.08. The van der Waals surface area contributed by atoms with Gasteiger partial charge in [-0.15, -0.1) is 0 Å². The van der Waals surface area contributed by atoms with Crippen molar-refractivity contribution in [1.82, 2.24) is 20.0 Å². The van der Waals surface area contributed by atoms with E-state index in [9.17, 15) is 0 Å². The molecule has 0 spiro atoms. The van der Waals surface area contributed by atoms with Gasteiger partial charge in [0.05, 0.1) is 25.5 Å². The maximum Gasteiger partial charge on any atom is 0.0677 e. The van der Waals surface area contributed by atoms with Gasteiger partial charge in [-0.05, 0) is 45.0 Å². The predicted molar refractivity (Wildman–Crippen MR) is 106 cm³/mol. The van der Waals surface area contributed by atoms with Gasteiger partial charge in [0.2, 0.25) is 0 Å². The van der Waals surface area contributed by atoms with Crippen molar-refractivity contribution in [3.63, 3.8) is 0 Å². The summed E-state index contributed by atoms with van der Waals surface area (Å²) in [5, 5.41) is 9.08. The second-order valence-corrected chi connectivity index (χ2v) is 7.29. The summed E-state index contributed by atoms with van der Waals surface area (Å²) in [5.41, 5.74) is 4.70. The van der Waals surface area contributed by atoms with Crippen LogP contribution in [0.15, 0.2) is 24.3 Å². The monoisotopic (exact) mass is 376 g/mol. The highest BCUT2D eigenvalue weighted by Gasteiger charge is 2.13. The highest BCUT2D eigenvalue weighted by Crippen LogP contribution is 2.19. The molecule has 2 aromatic rings. The Morgan fingerprint density at radius 2 is 1.96 bits per heavy atom. The van der Waals surface area contributed by atoms with Crippen LogP contribution in [-0.4, -0.2) is 54.1 Å². The van der Waals surface area contributed by atoms with Gasteiger partial charge in [-0.25, -0.2) is 0 Å². The number of nitrogens with one attached hydrogen (secondary N) is 1. The van der Waals surface area contributed by atoms with Crippen LogP contribution in [0.25, 0.3) is 0 Å². The molecular weight excluding hydrogens is 348 g/mol. The minimum absolute atomic E-state index is 0.712. The van der Waals surface area contributed by atoms with Crippen LogP contribution in [0.2, 0.25) is 5.02 Å². The number of ether oxygens (including phenoxy) is 1. The molecule has 1 aliphatic heterocycles. The number of aromatic nitrogens is 2. The van der Waals surface area contributed by atoms with E-state index >= 15 is 0 Å². The highest BCUT2D eigenvalue weighted by atomic mass is 35.5. The lowest BCUT2D eigenvalue weighted by Gasteiger charge is -2.26. The van der Waals surface area contributed by atoms with Crippen molar-refractivity contribution >= 4 is 11.6 Å². The summed E-state index contributed by atoms with van der Waals surface area (Å²) in [6.45, 7) is 11.8. The Morgan fingerprint density at radius 1 is 1.19 bits per heavy atom. The summed E-state index contributed by atoms with van der Waals surface area (Å²) in [4.78, 5) is 2.48. The predicted octanol–water partition coefficient (Wildman–Crippen LogP) is 3.01. The molecule has 5 nitrogen and oxygen atoms in total. The summed E-state index contributed by atoms with van der Waals surface area (Å²) in [7, 11) is 0. The van der Waals surface area contributed by atoms with Gasteiger partial charge in [-0.2, -0.15) is 5.10 Å². The van der Waals surface area contributed by atoms with Crippen molar-refractivity contribution in [2.45, 2.75) is 33.4 Å². The average molecular weight is 377 g/mol. The smallest absolute Gasteiger partial charge is 0.0677 e. The van der Waals surface area contributed by atoms with Crippen molar-refractivity contribution < 1.29 is 4.74 Å². The average Bonchev–Trinajstić information content (AvgIpc) is 2.91. The highest BCUT2D eigenvalue weighted by molar-refractivity contribution is 6.31. The summed E-state index contributed by atoms with van der Waals surface area (Å²) in [5.74, 6) is 0. The van der Waals surface area contributed by atoms with Crippen LogP contribution >= 0.6 is 11.6 Å². The molecular formula is C20H29ClN4O. The lowest BCUT2D eigenvalue weighted by Crippen LogP contribution is -2.37. The van der Waals surface area contributed by atoms with Crippen molar-refractivity contribution in [2.75, 3.05) is 39.4 Å². The summed E-state index contributed by atoms with van der Waals surface area (Å²) in [6, 6.07) is 7.96. The number of halogens is 1. The fourth-order valence-electron chi connectivity index (χ4n) is 3.40.